The molecule has 0 saturated carbocycles. The normalized spacial score (nSPS) is 13.5. The topological polar surface area (TPSA) is 122 Å². The molecule has 194 valence electrons. The van der Waals surface area contributed by atoms with Gasteiger partial charge in [0.15, 0.2) is 0 Å². The van der Waals surface area contributed by atoms with E-state index in [1.165, 1.54) is 11.3 Å². The number of hydrogen-bond donors (Lipinski definition) is 2. The van der Waals surface area contributed by atoms with Crippen molar-refractivity contribution < 1.29 is 23.1 Å². The van der Waals surface area contributed by atoms with Gasteiger partial charge in [0, 0.05) is 15.5 Å². The SMILES string of the molecule is CCC(CC)(c1ccc(OCC(O)C(C)(C)C)c(C)c1)c1cc(C)c(S(=O)(=O)NCC(=O)N=O)s1. The third-order valence-electron chi connectivity index (χ3n) is 6.43. The number of rotatable bonds is 11. The summed E-state index contributed by atoms with van der Waals surface area (Å²) in [6, 6.07) is 7.83. The van der Waals surface area contributed by atoms with Crippen molar-refractivity contribution in [1.29, 1.82) is 0 Å². The van der Waals surface area contributed by atoms with E-state index in [1.807, 2.05) is 45.9 Å². The van der Waals surface area contributed by atoms with Crippen LogP contribution in [0.3, 0.4) is 0 Å². The molecule has 2 N–H and O–H groups in total. The molecule has 0 spiro atoms. The Labute approximate surface area is 212 Å². The molecule has 1 amide bonds. The zero-order valence-electron chi connectivity index (χ0n) is 21.5. The first kappa shape index (κ1) is 29.1. The van der Waals surface area contributed by atoms with Crippen molar-refractivity contribution >= 4 is 27.3 Å². The minimum absolute atomic E-state index is 0.116. The van der Waals surface area contributed by atoms with E-state index >= 15 is 0 Å². The number of aliphatic hydroxyl groups is 1. The van der Waals surface area contributed by atoms with Crippen LogP contribution in [0.5, 0.6) is 5.75 Å². The van der Waals surface area contributed by atoms with Crippen LogP contribution in [0.1, 0.15) is 69.0 Å². The molecule has 0 saturated heterocycles. The summed E-state index contributed by atoms with van der Waals surface area (Å²) in [5, 5.41) is 12.5. The summed E-state index contributed by atoms with van der Waals surface area (Å²) < 4.78 is 33.8. The van der Waals surface area contributed by atoms with E-state index in [4.69, 9.17) is 4.74 Å². The van der Waals surface area contributed by atoms with Crippen LogP contribution in [-0.2, 0) is 20.2 Å². The average molecular weight is 525 g/mol. The maximum Gasteiger partial charge on any atom is 0.301 e. The average Bonchev–Trinajstić information content (AvgIpc) is 3.20. The Morgan fingerprint density at radius 2 is 1.77 bits per heavy atom. The number of benzene rings is 1. The Balaban J connectivity index is 2.41. The monoisotopic (exact) mass is 524 g/mol. The number of nitrogens with one attached hydrogen (secondary N) is 1. The number of ether oxygens (including phenoxy) is 1. The predicted molar refractivity (Wildman–Crippen MR) is 139 cm³/mol. The van der Waals surface area contributed by atoms with Gasteiger partial charge in [-0.25, -0.2) is 13.1 Å². The fourth-order valence-electron chi connectivity index (χ4n) is 3.90. The molecular formula is C25H36N2O6S2. The molecule has 0 aliphatic carbocycles. The lowest BCUT2D eigenvalue weighted by molar-refractivity contribution is -0.116. The second-order valence-electron chi connectivity index (χ2n) is 9.85. The summed E-state index contributed by atoms with van der Waals surface area (Å²) in [5.41, 5.74) is 1.84. The largest absolute Gasteiger partial charge is 0.491 e. The van der Waals surface area contributed by atoms with E-state index in [0.717, 1.165) is 28.8 Å². The zero-order valence-corrected chi connectivity index (χ0v) is 23.1. The van der Waals surface area contributed by atoms with Crippen LogP contribution < -0.4 is 9.46 Å². The van der Waals surface area contributed by atoms with E-state index < -0.39 is 34.0 Å². The van der Waals surface area contributed by atoms with Crippen molar-refractivity contribution in [2.24, 2.45) is 10.6 Å². The molecule has 0 fully saturated rings. The summed E-state index contributed by atoms with van der Waals surface area (Å²) in [6.07, 6.45) is 0.881. The van der Waals surface area contributed by atoms with Crippen molar-refractivity contribution in [2.45, 2.75) is 77.0 Å². The number of amides is 1. The molecule has 10 heteroatoms. The smallest absolute Gasteiger partial charge is 0.301 e. The molecule has 0 aliphatic heterocycles. The maximum absolute atomic E-state index is 12.8. The van der Waals surface area contributed by atoms with Crippen molar-refractivity contribution in [2.75, 3.05) is 13.2 Å². The lowest BCUT2D eigenvalue weighted by Gasteiger charge is -2.32. The fraction of sp³-hybridized carbons (Fsp3) is 0.560. The molecule has 1 unspecified atom stereocenters. The summed E-state index contributed by atoms with van der Waals surface area (Å²) in [6.45, 7) is 13.2. The Bertz CT molecular complexity index is 1160. The highest BCUT2D eigenvalue weighted by Crippen LogP contribution is 2.45. The number of aryl methyl sites for hydroxylation is 2. The highest BCUT2D eigenvalue weighted by molar-refractivity contribution is 7.91. The second-order valence-corrected chi connectivity index (χ2v) is 12.9. The third kappa shape index (κ3) is 6.55. The molecule has 1 atom stereocenters. The van der Waals surface area contributed by atoms with E-state index in [9.17, 15) is 23.2 Å². The first-order valence-corrected chi connectivity index (χ1v) is 13.9. The summed E-state index contributed by atoms with van der Waals surface area (Å²) in [5.74, 6) is -0.381. The van der Waals surface area contributed by atoms with Gasteiger partial charge in [-0.3, -0.25) is 4.79 Å². The van der Waals surface area contributed by atoms with Crippen molar-refractivity contribution in [3.63, 3.8) is 0 Å². The van der Waals surface area contributed by atoms with E-state index in [0.29, 0.717) is 11.3 Å². The molecule has 2 rings (SSSR count). The minimum atomic E-state index is -3.97. The highest BCUT2D eigenvalue weighted by atomic mass is 32.2. The van der Waals surface area contributed by atoms with Gasteiger partial charge in [0.05, 0.1) is 12.6 Å². The molecule has 35 heavy (non-hydrogen) atoms. The van der Waals surface area contributed by atoms with Gasteiger partial charge in [-0.15, -0.1) is 16.2 Å². The molecule has 1 heterocycles. The summed E-state index contributed by atoms with van der Waals surface area (Å²) in [7, 11) is -3.97. The molecule has 8 nitrogen and oxygen atoms in total. The summed E-state index contributed by atoms with van der Waals surface area (Å²) >= 11 is 1.17. The van der Waals surface area contributed by atoms with Crippen LogP contribution in [0.2, 0.25) is 0 Å². The zero-order chi connectivity index (χ0) is 26.6. The number of carbonyl (C=O) groups is 1. The van der Waals surface area contributed by atoms with Crippen molar-refractivity contribution in [1.82, 2.24) is 4.72 Å². The third-order valence-corrected chi connectivity index (χ3v) is 9.91. The van der Waals surface area contributed by atoms with Crippen LogP contribution >= 0.6 is 11.3 Å². The number of sulfonamides is 1. The van der Waals surface area contributed by atoms with Gasteiger partial charge in [0.1, 0.15) is 16.6 Å². The predicted octanol–water partition coefficient (Wildman–Crippen LogP) is 4.83. The van der Waals surface area contributed by atoms with Crippen LogP contribution in [0, 0.1) is 24.2 Å². The van der Waals surface area contributed by atoms with Crippen molar-refractivity contribution in [3.8, 4) is 5.75 Å². The van der Waals surface area contributed by atoms with Crippen LogP contribution in [0.15, 0.2) is 33.7 Å². The number of aliphatic hydroxyl groups excluding tert-OH is 1. The molecule has 2 aromatic rings. The van der Waals surface area contributed by atoms with Gasteiger partial charge < -0.3 is 9.84 Å². The van der Waals surface area contributed by atoms with E-state index in [1.54, 1.807) is 6.92 Å². The Morgan fingerprint density at radius 3 is 2.29 bits per heavy atom. The highest BCUT2D eigenvalue weighted by Gasteiger charge is 2.35. The van der Waals surface area contributed by atoms with E-state index in [2.05, 4.69) is 29.8 Å². The van der Waals surface area contributed by atoms with Crippen LogP contribution in [0.25, 0.3) is 0 Å². The van der Waals surface area contributed by atoms with Gasteiger partial charge >= 0.3 is 5.91 Å². The fourth-order valence-corrected chi connectivity index (χ4v) is 6.97. The molecule has 0 aliphatic rings. The van der Waals surface area contributed by atoms with Gasteiger partial charge in [-0.2, -0.15) is 0 Å². The number of thiophene rings is 1. The molecule has 0 bridgehead atoms. The van der Waals surface area contributed by atoms with Gasteiger partial charge in [-0.1, -0.05) is 46.8 Å². The molecule has 0 radical (unpaired) electrons. The van der Waals surface area contributed by atoms with Gasteiger partial charge in [0.2, 0.25) is 0 Å². The molecule has 1 aromatic heterocycles. The van der Waals surface area contributed by atoms with Gasteiger partial charge in [-0.05, 0) is 60.9 Å². The van der Waals surface area contributed by atoms with Crippen LogP contribution in [-0.4, -0.2) is 38.7 Å². The van der Waals surface area contributed by atoms with Crippen LogP contribution in [0.4, 0.5) is 0 Å². The van der Waals surface area contributed by atoms with E-state index in [-0.39, 0.29) is 16.2 Å². The van der Waals surface area contributed by atoms with Crippen molar-refractivity contribution in [3.05, 3.63) is 50.7 Å². The second kappa shape index (κ2) is 11.3. The standard InChI is InChI=1S/C25H36N2O6S2/c1-8-25(9-2,18-10-11-19(16(3)12-18)33-15-20(28)24(5,6)7)21-13-17(4)23(34-21)35(31,32)26-14-22(29)27-30/h10-13,20,26,28H,8-9,14-15H2,1-7H3. The quantitative estimate of drug-likeness (QED) is 0.406. The lowest BCUT2D eigenvalue weighted by atomic mass is 9.74. The number of nitrogens with zero attached hydrogens (tertiary/aromatic N) is 1. The summed E-state index contributed by atoms with van der Waals surface area (Å²) in [4.78, 5) is 22.4. The maximum atomic E-state index is 12.8. The Morgan fingerprint density at radius 1 is 1.14 bits per heavy atom. The van der Waals surface area contributed by atoms with Gasteiger partial charge in [0.25, 0.3) is 10.0 Å². The molecular weight excluding hydrogens is 488 g/mol. The number of carbonyl (C=O) groups excluding carboxylic acids is 1. The lowest BCUT2D eigenvalue weighted by Crippen LogP contribution is -2.32. The minimum Gasteiger partial charge on any atom is -0.491 e. The Kier molecular flexibility index (Phi) is 9.38. The Hall–Kier alpha value is -2.14. The first-order valence-electron chi connectivity index (χ1n) is 11.6. The first-order chi connectivity index (χ1) is 16.2. The number of nitroso groups, excluding NO2 is 1. The number of hydrogen-bond acceptors (Lipinski definition) is 7. The molecule has 1 aromatic carbocycles.